The maximum absolute atomic E-state index is 12.4. The number of halogens is 1. The summed E-state index contributed by atoms with van der Waals surface area (Å²) < 4.78 is 30.8. The van der Waals surface area contributed by atoms with Gasteiger partial charge in [0, 0.05) is 38.4 Å². The Balaban J connectivity index is 1.58. The van der Waals surface area contributed by atoms with Crippen LogP contribution in [0.1, 0.15) is 12.0 Å². The Morgan fingerprint density at radius 2 is 1.85 bits per heavy atom. The number of anilines is 2. The molecule has 0 saturated carbocycles. The zero-order chi connectivity index (χ0) is 24.3. The molecule has 9 nitrogen and oxygen atoms in total. The van der Waals surface area contributed by atoms with Gasteiger partial charge in [0.2, 0.25) is 15.9 Å². The SMILES string of the molecule is Cc1ccc(N2CC(C(=O)OCC(=O)Nc3ccc(Cl)c(S(=O)(=O)N(C)C)c3)CC2=O)cc1. The van der Waals surface area contributed by atoms with Crippen LogP contribution in [0.4, 0.5) is 11.4 Å². The molecule has 0 bridgehead atoms. The number of carbonyl (C=O) groups is 3. The fourth-order valence-electron chi connectivity index (χ4n) is 3.27. The maximum Gasteiger partial charge on any atom is 0.311 e. The van der Waals surface area contributed by atoms with E-state index >= 15 is 0 Å². The number of ether oxygens (including phenoxy) is 1. The van der Waals surface area contributed by atoms with Crippen molar-refractivity contribution in [2.45, 2.75) is 18.2 Å². The summed E-state index contributed by atoms with van der Waals surface area (Å²) in [6.45, 7) is 1.53. The molecule has 0 aliphatic carbocycles. The molecule has 1 heterocycles. The van der Waals surface area contributed by atoms with Crippen LogP contribution in [-0.2, 0) is 29.1 Å². The van der Waals surface area contributed by atoms with E-state index in [2.05, 4.69) is 5.32 Å². The smallest absolute Gasteiger partial charge is 0.311 e. The van der Waals surface area contributed by atoms with Crippen LogP contribution in [0.3, 0.4) is 0 Å². The fraction of sp³-hybridized carbons (Fsp3) is 0.318. The highest BCUT2D eigenvalue weighted by atomic mass is 35.5. The first kappa shape index (κ1) is 24.7. The highest BCUT2D eigenvalue weighted by molar-refractivity contribution is 7.89. The number of hydrogen-bond acceptors (Lipinski definition) is 6. The van der Waals surface area contributed by atoms with Crippen molar-refractivity contribution < 1.29 is 27.5 Å². The molecule has 1 fully saturated rings. The second kappa shape index (κ2) is 9.90. The van der Waals surface area contributed by atoms with E-state index in [1.807, 2.05) is 31.2 Å². The number of hydrogen-bond donors (Lipinski definition) is 1. The predicted molar refractivity (Wildman–Crippen MR) is 124 cm³/mol. The summed E-state index contributed by atoms with van der Waals surface area (Å²) in [5, 5.41) is 2.49. The van der Waals surface area contributed by atoms with E-state index in [-0.39, 0.29) is 34.5 Å². The molecule has 1 unspecified atom stereocenters. The summed E-state index contributed by atoms with van der Waals surface area (Å²) in [5.41, 5.74) is 1.94. The van der Waals surface area contributed by atoms with Crippen molar-refractivity contribution in [1.29, 1.82) is 0 Å². The van der Waals surface area contributed by atoms with E-state index in [1.54, 1.807) is 0 Å². The largest absolute Gasteiger partial charge is 0.455 e. The summed E-state index contributed by atoms with van der Waals surface area (Å²) in [5.74, 6) is -2.18. The number of esters is 1. The lowest BCUT2D eigenvalue weighted by Gasteiger charge is -2.16. The molecule has 1 atom stereocenters. The summed E-state index contributed by atoms with van der Waals surface area (Å²) in [4.78, 5) is 38.3. The van der Waals surface area contributed by atoms with Crippen LogP contribution in [0.5, 0.6) is 0 Å². The molecule has 3 rings (SSSR count). The van der Waals surface area contributed by atoms with E-state index < -0.39 is 34.4 Å². The molecule has 0 spiro atoms. The van der Waals surface area contributed by atoms with Crippen LogP contribution in [-0.4, -0.2) is 57.8 Å². The summed E-state index contributed by atoms with van der Waals surface area (Å²) >= 11 is 5.99. The Morgan fingerprint density at radius 3 is 2.48 bits per heavy atom. The van der Waals surface area contributed by atoms with Crippen molar-refractivity contribution in [2.75, 3.05) is 37.5 Å². The molecule has 1 N–H and O–H groups in total. The van der Waals surface area contributed by atoms with Crippen molar-refractivity contribution in [3.63, 3.8) is 0 Å². The van der Waals surface area contributed by atoms with Gasteiger partial charge in [-0.2, -0.15) is 0 Å². The lowest BCUT2D eigenvalue weighted by molar-refractivity contribution is -0.151. The van der Waals surface area contributed by atoms with Crippen LogP contribution >= 0.6 is 11.6 Å². The van der Waals surface area contributed by atoms with Crippen LogP contribution in [0.25, 0.3) is 0 Å². The third-order valence-corrected chi connectivity index (χ3v) is 7.42. The lowest BCUT2D eigenvalue weighted by Crippen LogP contribution is -2.28. The number of nitrogens with one attached hydrogen (secondary N) is 1. The van der Waals surface area contributed by atoms with Crippen LogP contribution in [0.15, 0.2) is 47.4 Å². The van der Waals surface area contributed by atoms with E-state index in [1.165, 1.54) is 37.2 Å². The molecule has 2 aromatic carbocycles. The minimum Gasteiger partial charge on any atom is -0.455 e. The Kier molecular flexibility index (Phi) is 7.41. The van der Waals surface area contributed by atoms with Gasteiger partial charge in [-0.1, -0.05) is 29.3 Å². The summed E-state index contributed by atoms with van der Waals surface area (Å²) in [6, 6.07) is 11.4. The molecule has 33 heavy (non-hydrogen) atoms. The molecular formula is C22H24ClN3O6S. The monoisotopic (exact) mass is 493 g/mol. The normalized spacial score (nSPS) is 16.2. The van der Waals surface area contributed by atoms with E-state index in [0.29, 0.717) is 5.69 Å². The Hall–Kier alpha value is -2.95. The van der Waals surface area contributed by atoms with Crippen molar-refractivity contribution >= 4 is 50.8 Å². The van der Waals surface area contributed by atoms with Gasteiger partial charge in [0.1, 0.15) is 4.90 Å². The number of aryl methyl sites for hydroxylation is 1. The fourth-order valence-corrected chi connectivity index (χ4v) is 4.66. The zero-order valence-corrected chi connectivity index (χ0v) is 19.9. The van der Waals surface area contributed by atoms with E-state index in [0.717, 1.165) is 9.87 Å². The topological polar surface area (TPSA) is 113 Å². The average Bonchev–Trinajstić information content (AvgIpc) is 3.15. The highest BCUT2D eigenvalue weighted by Gasteiger charge is 2.36. The first-order valence-electron chi connectivity index (χ1n) is 10.0. The molecule has 1 saturated heterocycles. The van der Waals surface area contributed by atoms with Crippen LogP contribution < -0.4 is 10.2 Å². The van der Waals surface area contributed by atoms with Gasteiger partial charge in [0.05, 0.1) is 10.9 Å². The molecule has 2 amide bonds. The Bertz CT molecular complexity index is 1180. The number of nitrogens with zero attached hydrogens (tertiary/aromatic N) is 2. The van der Waals surface area contributed by atoms with Crippen molar-refractivity contribution in [3.8, 4) is 0 Å². The minimum atomic E-state index is -3.81. The van der Waals surface area contributed by atoms with Gasteiger partial charge in [-0.25, -0.2) is 12.7 Å². The van der Waals surface area contributed by atoms with Crippen molar-refractivity contribution in [1.82, 2.24) is 4.31 Å². The van der Waals surface area contributed by atoms with E-state index in [4.69, 9.17) is 16.3 Å². The van der Waals surface area contributed by atoms with Gasteiger partial charge >= 0.3 is 5.97 Å². The zero-order valence-electron chi connectivity index (χ0n) is 18.4. The summed E-state index contributed by atoms with van der Waals surface area (Å²) in [6.07, 6.45) is -0.00271. The quantitative estimate of drug-likeness (QED) is 0.593. The Morgan fingerprint density at radius 1 is 1.18 bits per heavy atom. The average molecular weight is 494 g/mol. The van der Waals surface area contributed by atoms with Crippen molar-refractivity contribution in [3.05, 3.63) is 53.1 Å². The molecule has 11 heteroatoms. The first-order valence-corrected chi connectivity index (χ1v) is 11.9. The second-order valence-electron chi connectivity index (χ2n) is 7.83. The standard InChI is InChI=1S/C22H24ClN3O6S/c1-14-4-7-17(8-5-14)26-12-15(10-21(26)28)22(29)32-13-20(27)24-16-6-9-18(23)19(11-16)33(30,31)25(2)3/h4-9,11,15H,10,12-13H2,1-3H3,(H,24,27). The molecule has 176 valence electrons. The molecular weight excluding hydrogens is 470 g/mol. The first-order chi connectivity index (χ1) is 15.5. The molecule has 1 aliphatic rings. The second-order valence-corrected chi connectivity index (χ2v) is 10.4. The van der Waals surface area contributed by atoms with Gasteiger partial charge in [-0.15, -0.1) is 0 Å². The number of sulfonamides is 1. The third-order valence-electron chi connectivity index (χ3n) is 5.12. The number of benzene rings is 2. The minimum absolute atomic E-state index is 0.00271. The van der Waals surface area contributed by atoms with Gasteiger partial charge in [-0.3, -0.25) is 14.4 Å². The van der Waals surface area contributed by atoms with Crippen molar-refractivity contribution in [2.24, 2.45) is 5.92 Å². The molecule has 2 aromatic rings. The molecule has 0 radical (unpaired) electrons. The lowest BCUT2D eigenvalue weighted by atomic mass is 10.1. The highest BCUT2D eigenvalue weighted by Crippen LogP contribution is 2.28. The molecule has 0 aromatic heterocycles. The van der Waals surface area contributed by atoms with E-state index in [9.17, 15) is 22.8 Å². The number of rotatable bonds is 7. The Labute approximate surface area is 197 Å². The maximum atomic E-state index is 12.4. The number of carbonyl (C=O) groups excluding carboxylic acids is 3. The summed E-state index contributed by atoms with van der Waals surface area (Å²) in [7, 11) is -1.08. The predicted octanol–water partition coefficient (Wildman–Crippen LogP) is 2.43. The van der Waals surface area contributed by atoms with Gasteiger partial charge in [-0.05, 0) is 37.3 Å². The van der Waals surface area contributed by atoms with Gasteiger partial charge in [0.25, 0.3) is 5.91 Å². The third kappa shape index (κ3) is 5.70. The van der Waals surface area contributed by atoms with Crippen LogP contribution in [0.2, 0.25) is 5.02 Å². The van der Waals surface area contributed by atoms with Crippen LogP contribution in [0, 0.1) is 12.8 Å². The van der Waals surface area contributed by atoms with Gasteiger partial charge < -0.3 is 15.0 Å². The van der Waals surface area contributed by atoms with Gasteiger partial charge in [0.15, 0.2) is 6.61 Å². The number of amides is 2. The molecule has 1 aliphatic heterocycles.